The molecule has 0 heterocycles. The molecule has 0 fully saturated rings. The molecule has 0 aliphatic rings. The maximum atomic E-state index is 9.90. The molecule has 1 atom stereocenters. The molecule has 0 aliphatic carbocycles. The lowest BCUT2D eigenvalue weighted by Gasteiger charge is -2.12. The Labute approximate surface area is 105 Å². The molecule has 0 aromatic heterocycles. The summed E-state index contributed by atoms with van der Waals surface area (Å²) in [6, 6.07) is 6.44. The van der Waals surface area contributed by atoms with Crippen molar-refractivity contribution in [3.63, 3.8) is 0 Å². The van der Waals surface area contributed by atoms with E-state index in [1.165, 1.54) is 16.7 Å². The van der Waals surface area contributed by atoms with E-state index in [-0.39, 0.29) is 6.10 Å². The third-order valence-corrected chi connectivity index (χ3v) is 2.70. The van der Waals surface area contributed by atoms with Gasteiger partial charge in [0.2, 0.25) is 0 Å². The van der Waals surface area contributed by atoms with Crippen LogP contribution in [0.3, 0.4) is 0 Å². The molecule has 0 bridgehead atoms. The van der Waals surface area contributed by atoms with E-state index in [1.807, 2.05) is 0 Å². The monoisotopic (exact) mass is 236 g/mol. The van der Waals surface area contributed by atoms with E-state index in [0.29, 0.717) is 13.0 Å². The largest absolute Gasteiger partial charge is 0.393 e. The van der Waals surface area contributed by atoms with Gasteiger partial charge in [-0.05, 0) is 38.7 Å². The number of aryl methyl sites for hydroxylation is 2. The topological polar surface area (TPSA) is 29.5 Å². The first-order chi connectivity index (χ1) is 8.11. The van der Waals surface area contributed by atoms with Gasteiger partial charge in [0.25, 0.3) is 0 Å². The van der Waals surface area contributed by atoms with E-state index in [0.717, 1.165) is 19.4 Å². The first-order valence-corrected chi connectivity index (χ1v) is 6.44. The molecule has 0 aliphatic heterocycles. The molecule has 0 amide bonds. The number of aliphatic hydroxyl groups excluding tert-OH is 1. The second-order valence-corrected chi connectivity index (χ2v) is 4.75. The average Bonchev–Trinajstić information content (AvgIpc) is 2.23. The van der Waals surface area contributed by atoms with Crippen molar-refractivity contribution in [1.29, 1.82) is 0 Å². The van der Waals surface area contributed by atoms with Gasteiger partial charge in [0, 0.05) is 13.2 Å². The van der Waals surface area contributed by atoms with Crippen molar-refractivity contribution in [2.24, 2.45) is 0 Å². The standard InChI is InChI=1S/C15H24O2/c1-4-6-17-7-5-15(16)11-14-9-12(2)8-13(3)10-14/h8-10,15-16H,4-7,11H2,1-3H3. The van der Waals surface area contributed by atoms with Crippen LogP contribution in [0.4, 0.5) is 0 Å². The van der Waals surface area contributed by atoms with Gasteiger partial charge in [-0.2, -0.15) is 0 Å². The zero-order valence-electron chi connectivity index (χ0n) is 11.2. The van der Waals surface area contributed by atoms with Gasteiger partial charge in [-0.25, -0.2) is 0 Å². The minimum absolute atomic E-state index is 0.298. The Morgan fingerprint density at radius 2 is 1.76 bits per heavy atom. The van der Waals surface area contributed by atoms with Crippen LogP contribution in [0.2, 0.25) is 0 Å². The SMILES string of the molecule is CCCOCCC(O)Cc1cc(C)cc(C)c1. The van der Waals surface area contributed by atoms with Crippen molar-refractivity contribution in [3.8, 4) is 0 Å². The highest BCUT2D eigenvalue weighted by Gasteiger charge is 2.06. The molecule has 2 heteroatoms. The zero-order chi connectivity index (χ0) is 12.7. The zero-order valence-corrected chi connectivity index (χ0v) is 11.2. The summed E-state index contributed by atoms with van der Waals surface area (Å²) in [5, 5.41) is 9.90. The summed E-state index contributed by atoms with van der Waals surface area (Å²) in [4.78, 5) is 0. The second-order valence-electron chi connectivity index (χ2n) is 4.75. The van der Waals surface area contributed by atoms with Gasteiger partial charge in [-0.15, -0.1) is 0 Å². The fourth-order valence-corrected chi connectivity index (χ4v) is 2.03. The first-order valence-electron chi connectivity index (χ1n) is 6.44. The molecule has 17 heavy (non-hydrogen) atoms. The Kier molecular flexibility index (Phi) is 6.23. The van der Waals surface area contributed by atoms with Crippen molar-refractivity contribution in [1.82, 2.24) is 0 Å². The summed E-state index contributed by atoms with van der Waals surface area (Å²) in [7, 11) is 0. The number of hydrogen-bond donors (Lipinski definition) is 1. The molecule has 1 N–H and O–H groups in total. The van der Waals surface area contributed by atoms with Crippen molar-refractivity contribution in [2.45, 2.75) is 46.1 Å². The van der Waals surface area contributed by atoms with Crippen LogP contribution >= 0.6 is 0 Å². The Bertz CT molecular complexity index is 313. The van der Waals surface area contributed by atoms with Crippen LogP contribution in [-0.4, -0.2) is 24.4 Å². The summed E-state index contributed by atoms with van der Waals surface area (Å²) < 4.78 is 5.38. The fourth-order valence-electron chi connectivity index (χ4n) is 2.03. The number of rotatable bonds is 7. The molecular weight excluding hydrogens is 212 g/mol. The van der Waals surface area contributed by atoms with E-state index in [2.05, 4.69) is 39.0 Å². The third-order valence-electron chi connectivity index (χ3n) is 2.70. The fraction of sp³-hybridized carbons (Fsp3) is 0.600. The summed E-state index contributed by atoms with van der Waals surface area (Å²) in [6.07, 6.45) is 2.17. The van der Waals surface area contributed by atoms with Crippen molar-refractivity contribution in [2.75, 3.05) is 13.2 Å². The van der Waals surface area contributed by atoms with Crippen LogP contribution in [-0.2, 0) is 11.2 Å². The van der Waals surface area contributed by atoms with Crippen LogP contribution in [0, 0.1) is 13.8 Å². The highest BCUT2D eigenvalue weighted by atomic mass is 16.5. The van der Waals surface area contributed by atoms with Gasteiger partial charge in [0.15, 0.2) is 0 Å². The molecule has 96 valence electrons. The highest BCUT2D eigenvalue weighted by Crippen LogP contribution is 2.12. The Morgan fingerprint density at radius 1 is 1.12 bits per heavy atom. The number of aliphatic hydroxyl groups is 1. The molecule has 1 rings (SSSR count). The van der Waals surface area contributed by atoms with Crippen molar-refractivity contribution in [3.05, 3.63) is 34.9 Å². The Morgan fingerprint density at radius 3 is 2.35 bits per heavy atom. The van der Waals surface area contributed by atoms with Crippen LogP contribution in [0.25, 0.3) is 0 Å². The van der Waals surface area contributed by atoms with E-state index in [4.69, 9.17) is 4.74 Å². The molecule has 0 spiro atoms. The number of benzene rings is 1. The quantitative estimate of drug-likeness (QED) is 0.737. The molecule has 2 nitrogen and oxygen atoms in total. The van der Waals surface area contributed by atoms with Crippen LogP contribution < -0.4 is 0 Å². The molecular formula is C15H24O2. The predicted molar refractivity (Wildman–Crippen MR) is 71.4 cm³/mol. The normalized spacial score (nSPS) is 12.7. The minimum atomic E-state index is -0.298. The van der Waals surface area contributed by atoms with Crippen molar-refractivity contribution >= 4 is 0 Å². The first kappa shape index (κ1) is 14.2. The van der Waals surface area contributed by atoms with Gasteiger partial charge in [-0.1, -0.05) is 36.2 Å². The molecule has 1 unspecified atom stereocenters. The minimum Gasteiger partial charge on any atom is -0.393 e. The second kappa shape index (κ2) is 7.46. The lowest BCUT2D eigenvalue weighted by Crippen LogP contribution is -2.14. The van der Waals surface area contributed by atoms with E-state index < -0.39 is 0 Å². The van der Waals surface area contributed by atoms with E-state index in [9.17, 15) is 5.11 Å². The highest BCUT2D eigenvalue weighted by molar-refractivity contribution is 5.28. The van der Waals surface area contributed by atoms with Gasteiger partial charge in [-0.3, -0.25) is 0 Å². The van der Waals surface area contributed by atoms with Gasteiger partial charge >= 0.3 is 0 Å². The summed E-state index contributed by atoms with van der Waals surface area (Å²) in [5.41, 5.74) is 3.73. The maximum Gasteiger partial charge on any atom is 0.0602 e. The lowest BCUT2D eigenvalue weighted by atomic mass is 10.0. The molecule has 1 aromatic rings. The number of ether oxygens (including phenoxy) is 1. The lowest BCUT2D eigenvalue weighted by molar-refractivity contribution is 0.0824. The smallest absolute Gasteiger partial charge is 0.0602 e. The average molecular weight is 236 g/mol. The summed E-state index contributed by atoms with van der Waals surface area (Å²) in [6.45, 7) is 7.71. The summed E-state index contributed by atoms with van der Waals surface area (Å²) in [5.74, 6) is 0. The van der Waals surface area contributed by atoms with Crippen molar-refractivity contribution < 1.29 is 9.84 Å². The van der Waals surface area contributed by atoms with Gasteiger partial charge in [0.05, 0.1) is 6.10 Å². The van der Waals surface area contributed by atoms with Gasteiger partial charge < -0.3 is 9.84 Å². The van der Waals surface area contributed by atoms with Crippen LogP contribution in [0.5, 0.6) is 0 Å². The molecule has 1 aromatic carbocycles. The maximum absolute atomic E-state index is 9.90. The molecule has 0 saturated heterocycles. The van der Waals surface area contributed by atoms with Gasteiger partial charge in [0.1, 0.15) is 0 Å². The van der Waals surface area contributed by atoms with E-state index in [1.54, 1.807) is 0 Å². The van der Waals surface area contributed by atoms with E-state index >= 15 is 0 Å². The predicted octanol–water partition coefficient (Wildman–Crippen LogP) is 3.02. The van der Waals surface area contributed by atoms with Crippen LogP contribution in [0.15, 0.2) is 18.2 Å². The Hall–Kier alpha value is -0.860. The van der Waals surface area contributed by atoms with Crippen LogP contribution in [0.1, 0.15) is 36.5 Å². The molecule has 0 radical (unpaired) electrons. The number of hydrogen-bond acceptors (Lipinski definition) is 2. The summed E-state index contributed by atoms with van der Waals surface area (Å²) >= 11 is 0. The Balaban J connectivity index is 2.36. The molecule has 0 saturated carbocycles. The third kappa shape index (κ3) is 5.85.